The third-order valence-electron chi connectivity index (χ3n) is 4.58. The maximum absolute atomic E-state index is 12.4. The van der Waals surface area contributed by atoms with Crippen molar-refractivity contribution in [2.24, 2.45) is 11.7 Å². The summed E-state index contributed by atoms with van der Waals surface area (Å²) in [4.78, 5) is 29.9. The molecule has 1 fully saturated rings. The summed E-state index contributed by atoms with van der Waals surface area (Å²) in [7, 11) is 0. The fraction of sp³-hybridized carbons (Fsp3) is 0.375. The number of primary amides is 1. The third-order valence-corrected chi connectivity index (χ3v) is 5.50. The molecule has 9 heteroatoms. The second-order valence-electron chi connectivity index (χ2n) is 6.11. The smallest absolute Gasteiger partial charge is 0.233 e. The number of aromatic amines is 1. The summed E-state index contributed by atoms with van der Waals surface area (Å²) in [5, 5.41) is 7.88. The highest BCUT2D eigenvalue weighted by Crippen LogP contribution is 2.24. The zero-order valence-electron chi connectivity index (χ0n) is 13.5. The van der Waals surface area contributed by atoms with E-state index in [2.05, 4.69) is 15.2 Å². The number of fused-ring (bicyclic) bond motifs is 3. The van der Waals surface area contributed by atoms with Gasteiger partial charge in [-0.1, -0.05) is 23.9 Å². The molecule has 1 aliphatic heterocycles. The molecule has 3 N–H and O–H groups in total. The summed E-state index contributed by atoms with van der Waals surface area (Å²) in [6, 6.07) is 7.81. The van der Waals surface area contributed by atoms with Gasteiger partial charge in [-0.25, -0.2) is 10.1 Å². The normalized spacial score (nSPS) is 15.9. The minimum Gasteiger partial charge on any atom is -0.369 e. The minimum absolute atomic E-state index is 0.0495. The standard InChI is InChI=1S/C16H18N6O2S/c17-14(24)10-5-7-21(8-6-10)13(23)9-25-16-20-19-15-18-11-3-1-2-4-12(11)22(15)16/h1-4,10H,5-9H2,(H2,17,24)(H,18,19). The summed E-state index contributed by atoms with van der Waals surface area (Å²) >= 11 is 1.38. The number of nitrogens with one attached hydrogen (secondary N) is 1. The van der Waals surface area contributed by atoms with Crippen LogP contribution in [0.25, 0.3) is 16.8 Å². The van der Waals surface area contributed by atoms with Crippen LogP contribution in [0.3, 0.4) is 0 Å². The number of H-pyrrole nitrogens is 1. The quantitative estimate of drug-likeness (QED) is 0.677. The van der Waals surface area contributed by atoms with Crippen molar-refractivity contribution >= 4 is 40.4 Å². The van der Waals surface area contributed by atoms with Crippen LogP contribution in [-0.4, -0.2) is 55.1 Å². The SMILES string of the molecule is NC(=O)C1CCN(C(=O)CSc2n[nH]c3nc4ccccc4n23)CC1. The molecule has 0 unspecified atom stereocenters. The molecule has 0 saturated carbocycles. The van der Waals surface area contributed by atoms with E-state index in [1.165, 1.54) is 11.8 Å². The lowest BCUT2D eigenvalue weighted by atomic mass is 9.96. The molecule has 1 aliphatic rings. The van der Waals surface area contributed by atoms with Gasteiger partial charge >= 0.3 is 0 Å². The van der Waals surface area contributed by atoms with Crippen LogP contribution >= 0.6 is 11.8 Å². The highest BCUT2D eigenvalue weighted by molar-refractivity contribution is 7.99. The van der Waals surface area contributed by atoms with E-state index in [9.17, 15) is 9.59 Å². The van der Waals surface area contributed by atoms with Crippen molar-refractivity contribution in [2.75, 3.05) is 18.8 Å². The Bertz CT molecular complexity index is 941. The van der Waals surface area contributed by atoms with Gasteiger partial charge in [0.2, 0.25) is 17.6 Å². The number of nitrogens with two attached hydrogens (primary N) is 1. The minimum atomic E-state index is -0.271. The molecule has 2 aromatic heterocycles. The predicted octanol–water partition coefficient (Wildman–Crippen LogP) is 1.03. The van der Waals surface area contributed by atoms with E-state index in [1.54, 1.807) is 4.90 Å². The van der Waals surface area contributed by atoms with Crippen LogP contribution in [0.15, 0.2) is 29.4 Å². The van der Waals surface area contributed by atoms with Crippen LogP contribution in [-0.2, 0) is 9.59 Å². The number of amides is 2. The Morgan fingerprint density at radius 2 is 2.04 bits per heavy atom. The first kappa shape index (κ1) is 15.9. The van der Waals surface area contributed by atoms with Crippen LogP contribution in [0.5, 0.6) is 0 Å². The summed E-state index contributed by atoms with van der Waals surface area (Å²) < 4.78 is 1.92. The van der Waals surface area contributed by atoms with Crippen LogP contribution in [0, 0.1) is 5.92 Å². The molecule has 3 heterocycles. The highest BCUT2D eigenvalue weighted by atomic mass is 32.2. The Labute approximate surface area is 147 Å². The number of imidazole rings is 1. The second kappa shape index (κ2) is 6.40. The number of aromatic nitrogens is 4. The van der Waals surface area contributed by atoms with Gasteiger partial charge in [0, 0.05) is 19.0 Å². The molecule has 3 aromatic rings. The first-order chi connectivity index (χ1) is 12.1. The maximum Gasteiger partial charge on any atom is 0.233 e. The average molecular weight is 358 g/mol. The Hall–Kier alpha value is -2.55. The van der Waals surface area contributed by atoms with E-state index < -0.39 is 0 Å². The third kappa shape index (κ3) is 2.95. The van der Waals surface area contributed by atoms with Crippen molar-refractivity contribution in [2.45, 2.75) is 18.0 Å². The lowest BCUT2D eigenvalue weighted by Crippen LogP contribution is -2.42. The number of hydrogen-bond acceptors (Lipinski definition) is 5. The largest absolute Gasteiger partial charge is 0.369 e. The lowest BCUT2D eigenvalue weighted by molar-refractivity contribution is -0.132. The Kier molecular flexibility index (Phi) is 4.08. The Balaban J connectivity index is 1.44. The number of hydrogen-bond donors (Lipinski definition) is 2. The molecule has 0 spiro atoms. The number of rotatable bonds is 4. The van der Waals surface area contributed by atoms with Crippen molar-refractivity contribution in [1.29, 1.82) is 0 Å². The van der Waals surface area contributed by atoms with Crippen molar-refractivity contribution in [3.63, 3.8) is 0 Å². The lowest BCUT2D eigenvalue weighted by Gasteiger charge is -2.30. The van der Waals surface area contributed by atoms with Crippen LogP contribution < -0.4 is 5.73 Å². The molecule has 0 aliphatic carbocycles. The van der Waals surface area contributed by atoms with Gasteiger partial charge in [-0.05, 0) is 25.0 Å². The van der Waals surface area contributed by atoms with E-state index >= 15 is 0 Å². The summed E-state index contributed by atoms with van der Waals surface area (Å²) in [6.07, 6.45) is 1.29. The second-order valence-corrected chi connectivity index (χ2v) is 7.05. The van der Waals surface area contributed by atoms with E-state index in [-0.39, 0.29) is 17.7 Å². The maximum atomic E-state index is 12.4. The number of likely N-dealkylation sites (tertiary alicyclic amines) is 1. The van der Waals surface area contributed by atoms with Gasteiger partial charge in [-0.3, -0.25) is 14.0 Å². The fourth-order valence-corrected chi connectivity index (χ4v) is 4.03. The fourth-order valence-electron chi connectivity index (χ4n) is 3.17. The topological polar surface area (TPSA) is 109 Å². The van der Waals surface area contributed by atoms with Gasteiger partial charge in [0.15, 0.2) is 5.16 Å². The number of benzene rings is 1. The Morgan fingerprint density at radius 1 is 1.28 bits per heavy atom. The molecule has 0 bridgehead atoms. The molecular formula is C16H18N6O2S. The van der Waals surface area contributed by atoms with E-state index in [0.717, 1.165) is 11.0 Å². The number of nitrogens with zero attached hydrogens (tertiary/aromatic N) is 4. The molecule has 1 aromatic carbocycles. The zero-order chi connectivity index (χ0) is 17.4. The summed E-state index contributed by atoms with van der Waals surface area (Å²) in [5.41, 5.74) is 7.18. The molecule has 2 amide bonds. The van der Waals surface area contributed by atoms with Crippen LogP contribution in [0.4, 0.5) is 0 Å². The number of carbonyl (C=O) groups is 2. The van der Waals surface area contributed by atoms with Crippen molar-refractivity contribution < 1.29 is 9.59 Å². The van der Waals surface area contributed by atoms with Crippen molar-refractivity contribution in [3.8, 4) is 0 Å². The monoisotopic (exact) mass is 358 g/mol. The molecule has 25 heavy (non-hydrogen) atoms. The molecule has 1 saturated heterocycles. The molecular weight excluding hydrogens is 340 g/mol. The van der Waals surface area contributed by atoms with Crippen LogP contribution in [0.2, 0.25) is 0 Å². The first-order valence-electron chi connectivity index (χ1n) is 8.15. The molecule has 130 valence electrons. The van der Waals surface area contributed by atoms with Gasteiger partial charge < -0.3 is 10.6 Å². The van der Waals surface area contributed by atoms with Crippen molar-refractivity contribution in [3.05, 3.63) is 24.3 Å². The van der Waals surface area contributed by atoms with Gasteiger partial charge in [-0.2, -0.15) is 0 Å². The molecule has 0 atom stereocenters. The van der Waals surface area contributed by atoms with E-state index in [0.29, 0.717) is 42.6 Å². The average Bonchev–Trinajstić information content (AvgIpc) is 3.19. The number of thioether (sulfide) groups is 1. The van der Waals surface area contributed by atoms with Gasteiger partial charge in [0.05, 0.1) is 16.8 Å². The summed E-state index contributed by atoms with van der Waals surface area (Å²) in [6.45, 7) is 1.16. The van der Waals surface area contributed by atoms with Crippen molar-refractivity contribution in [1.82, 2.24) is 24.5 Å². The van der Waals surface area contributed by atoms with E-state index in [4.69, 9.17) is 5.73 Å². The van der Waals surface area contributed by atoms with E-state index in [1.807, 2.05) is 28.7 Å². The number of piperidine rings is 1. The summed E-state index contributed by atoms with van der Waals surface area (Å²) in [5.74, 6) is 0.632. The Morgan fingerprint density at radius 3 is 2.80 bits per heavy atom. The predicted molar refractivity (Wildman–Crippen MR) is 94.1 cm³/mol. The first-order valence-corrected chi connectivity index (χ1v) is 9.13. The molecule has 0 radical (unpaired) electrons. The van der Waals surface area contributed by atoms with Gasteiger partial charge in [0.25, 0.3) is 0 Å². The zero-order valence-corrected chi connectivity index (χ0v) is 14.3. The number of carbonyl (C=O) groups excluding carboxylic acids is 2. The molecule has 4 rings (SSSR count). The highest BCUT2D eigenvalue weighted by Gasteiger charge is 2.26. The van der Waals surface area contributed by atoms with Gasteiger partial charge in [-0.15, -0.1) is 5.10 Å². The number of para-hydroxylation sites is 2. The van der Waals surface area contributed by atoms with Gasteiger partial charge in [0.1, 0.15) is 0 Å². The molecule has 8 nitrogen and oxygen atoms in total. The van der Waals surface area contributed by atoms with Crippen LogP contribution in [0.1, 0.15) is 12.8 Å².